The van der Waals surface area contributed by atoms with E-state index < -0.39 is 0 Å². The van der Waals surface area contributed by atoms with Gasteiger partial charge in [-0.05, 0) is 42.0 Å². The molecule has 0 spiro atoms. The number of nitrogens with zero attached hydrogens (tertiary/aromatic N) is 1. The molecular weight excluding hydrogens is 297 g/mol. The molecule has 0 unspecified atom stereocenters. The van der Waals surface area contributed by atoms with Crippen LogP contribution in [0.25, 0.3) is 0 Å². The van der Waals surface area contributed by atoms with Gasteiger partial charge in [0.1, 0.15) is 5.82 Å². The van der Waals surface area contributed by atoms with E-state index in [0.29, 0.717) is 12.3 Å². The molecular formula is C18H20FNOS. The molecule has 4 heteroatoms. The molecule has 0 saturated carbocycles. The van der Waals surface area contributed by atoms with Gasteiger partial charge >= 0.3 is 0 Å². The molecule has 2 heterocycles. The molecule has 2 nitrogen and oxygen atoms in total. The van der Waals surface area contributed by atoms with Crippen LogP contribution in [0, 0.1) is 5.82 Å². The monoisotopic (exact) mass is 317 g/mol. The summed E-state index contributed by atoms with van der Waals surface area (Å²) < 4.78 is 13.1. The number of amides is 1. The average Bonchev–Trinajstić information content (AvgIpc) is 2.90. The largest absolute Gasteiger partial charge is 0.342 e. The van der Waals surface area contributed by atoms with Crippen molar-refractivity contribution in [2.24, 2.45) is 0 Å². The van der Waals surface area contributed by atoms with Crippen molar-refractivity contribution in [1.82, 2.24) is 4.90 Å². The highest BCUT2D eigenvalue weighted by atomic mass is 32.1. The first kappa shape index (κ1) is 15.2. The van der Waals surface area contributed by atoms with Crippen molar-refractivity contribution in [2.45, 2.75) is 31.6 Å². The molecule has 0 radical (unpaired) electrons. The van der Waals surface area contributed by atoms with Crippen molar-refractivity contribution in [1.29, 1.82) is 0 Å². The predicted octanol–water partition coefficient (Wildman–Crippen LogP) is 4.23. The number of halogens is 1. The Morgan fingerprint density at radius 3 is 2.77 bits per heavy atom. The lowest BCUT2D eigenvalue weighted by Gasteiger charge is -2.24. The van der Waals surface area contributed by atoms with Crippen LogP contribution in [0.1, 0.15) is 35.6 Å². The van der Waals surface area contributed by atoms with E-state index in [1.54, 1.807) is 11.3 Å². The molecule has 1 aliphatic heterocycles. The minimum absolute atomic E-state index is 0.205. The van der Waals surface area contributed by atoms with Gasteiger partial charge in [0.25, 0.3) is 0 Å². The SMILES string of the molecule is O=C(Cc1cccs1)N1CCCC[C@@H](c2ccc(F)cc2)C1. The summed E-state index contributed by atoms with van der Waals surface area (Å²) in [5.41, 5.74) is 1.14. The van der Waals surface area contributed by atoms with E-state index in [1.807, 2.05) is 34.5 Å². The molecule has 3 rings (SSSR count). The zero-order valence-corrected chi connectivity index (χ0v) is 13.3. The lowest BCUT2D eigenvalue weighted by atomic mass is 9.94. The van der Waals surface area contributed by atoms with E-state index in [4.69, 9.17) is 0 Å². The number of hydrogen-bond acceptors (Lipinski definition) is 2. The van der Waals surface area contributed by atoms with Gasteiger partial charge < -0.3 is 4.90 Å². The van der Waals surface area contributed by atoms with E-state index >= 15 is 0 Å². The highest BCUT2D eigenvalue weighted by Gasteiger charge is 2.23. The van der Waals surface area contributed by atoms with Crippen LogP contribution in [0.2, 0.25) is 0 Å². The number of benzene rings is 1. The molecule has 0 N–H and O–H groups in total. The Labute approximate surface area is 134 Å². The number of rotatable bonds is 3. The molecule has 116 valence electrons. The van der Waals surface area contributed by atoms with Gasteiger partial charge in [0.15, 0.2) is 0 Å². The van der Waals surface area contributed by atoms with E-state index in [2.05, 4.69) is 0 Å². The van der Waals surface area contributed by atoms with Crippen LogP contribution in [-0.2, 0) is 11.2 Å². The molecule has 0 aliphatic carbocycles. The molecule has 22 heavy (non-hydrogen) atoms. The molecule has 2 aromatic rings. The first-order chi connectivity index (χ1) is 10.7. The maximum absolute atomic E-state index is 13.1. The quantitative estimate of drug-likeness (QED) is 0.830. The summed E-state index contributed by atoms with van der Waals surface area (Å²) in [5, 5.41) is 2.01. The van der Waals surface area contributed by atoms with Gasteiger partial charge in [0.05, 0.1) is 6.42 Å². The predicted molar refractivity (Wildman–Crippen MR) is 87.6 cm³/mol. The Bertz CT molecular complexity index is 609. The van der Waals surface area contributed by atoms with E-state index in [0.717, 1.165) is 42.8 Å². The standard InChI is InChI=1S/C18H20FNOS/c19-16-8-6-14(7-9-16)15-4-1-2-10-20(13-15)18(21)12-17-5-3-11-22-17/h3,5-9,11,15H,1-2,4,10,12-13H2/t15-/m1/s1. The zero-order valence-electron chi connectivity index (χ0n) is 12.5. The third-order valence-corrected chi connectivity index (χ3v) is 5.15. The van der Waals surface area contributed by atoms with Gasteiger partial charge in [-0.25, -0.2) is 4.39 Å². The van der Waals surface area contributed by atoms with Crippen LogP contribution in [0.4, 0.5) is 4.39 Å². The molecule has 1 atom stereocenters. The third-order valence-electron chi connectivity index (χ3n) is 4.27. The van der Waals surface area contributed by atoms with Crippen molar-refractivity contribution >= 4 is 17.2 Å². The van der Waals surface area contributed by atoms with Gasteiger partial charge in [-0.2, -0.15) is 0 Å². The van der Waals surface area contributed by atoms with E-state index in [9.17, 15) is 9.18 Å². The second kappa shape index (κ2) is 7.05. The fourth-order valence-electron chi connectivity index (χ4n) is 3.05. The number of hydrogen-bond donors (Lipinski definition) is 0. The Hall–Kier alpha value is -1.68. The van der Waals surface area contributed by atoms with Gasteiger partial charge in [-0.1, -0.05) is 24.6 Å². The maximum atomic E-state index is 13.1. The number of thiophene rings is 1. The fourth-order valence-corrected chi connectivity index (χ4v) is 3.75. The average molecular weight is 317 g/mol. The topological polar surface area (TPSA) is 20.3 Å². The van der Waals surface area contributed by atoms with E-state index in [1.165, 1.54) is 12.1 Å². The second-order valence-corrected chi connectivity index (χ2v) is 6.87. The molecule has 0 bridgehead atoms. The molecule has 1 aromatic carbocycles. The maximum Gasteiger partial charge on any atom is 0.227 e. The van der Waals surface area contributed by atoms with Crippen LogP contribution < -0.4 is 0 Å². The smallest absolute Gasteiger partial charge is 0.227 e. The summed E-state index contributed by atoms with van der Waals surface area (Å²) in [6, 6.07) is 10.7. The zero-order chi connectivity index (χ0) is 15.4. The Morgan fingerprint density at radius 2 is 2.05 bits per heavy atom. The highest BCUT2D eigenvalue weighted by molar-refractivity contribution is 7.10. The van der Waals surface area contributed by atoms with Crippen LogP contribution in [0.5, 0.6) is 0 Å². The van der Waals surface area contributed by atoms with Crippen molar-refractivity contribution in [3.05, 3.63) is 58.0 Å². The molecule has 1 aliphatic rings. The van der Waals surface area contributed by atoms with Crippen LogP contribution >= 0.6 is 11.3 Å². The van der Waals surface area contributed by atoms with Gasteiger partial charge in [-0.3, -0.25) is 4.79 Å². The minimum Gasteiger partial charge on any atom is -0.342 e. The molecule has 1 saturated heterocycles. The molecule has 1 fully saturated rings. The summed E-state index contributed by atoms with van der Waals surface area (Å²) in [7, 11) is 0. The summed E-state index contributed by atoms with van der Waals surface area (Å²) >= 11 is 1.63. The fraction of sp³-hybridized carbons (Fsp3) is 0.389. The van der Waals surface area contributed by atoms with E-state index in [-0.39, 0.29) is 11.7 Å². The van der Waals surface area contributed by atoms with Crippen LogP contribution in [0.3, 0.4) is 0 Å². The van der Waals surface area contributed by atoms with Gasteiger partial charge in [0, 0.05) is 23.9 Å². The van der Waals surface area contributed by atoms with Crippen molar-refractivity contribution in [3.63, 3.8) is 0 Å². The highest BCUT2D eigenvalue weighted by Crippen LogP contribution is 2.27. The lowest BCUT2D eigenvalue weighted by molar-refractivity contribution is -0.130. The van der Waals surface area contributed by atoms with Gasteiger partial charge in [-0.15, -0.1) is 11.3 Å². The van der Waals surface area contributed by atoms with Gasteiger partial charge in [0.2, 0.25) is 5.91 Å². The van der Waals surface area contributed by atoms with Crippen molar-refractivity contribution in [2.75, 3.05) is 13.1 Å². The summed E-state index contributed by atoms with van der Waals surface area (Å²) in [5.74, 6) is 0.315. The van der Waals surface area contributed by atoms with Crippen LogP contribution in [-0.4, -0.2) is 23.9 Å². The first-order valence-electron chi connectivity index (χ1n) is 7.78. The third kappa shape index (κ3) is 3.74. The first-order valence-corrected chi connectivity index (χ1v) is 8.66. The van der Waals surface area contributed by atoms with Crippen molar-refractivity contribution < 1.29 is 9.18 Å². The summed E-state index contributed by atoms with van der Waals surface area (Å²) in [4.78, 5) is 15.6. The summed E-state index contributed by atoms with van der Waals surface area (Å²) in [6.07, 6.45) is 3.72. The molecule has 1 amide bonds. The van der Waals surface area contributed by atoms with Crippen molar-refractivity contribution in [3.8, 4) is 0 Å². The molecule has 1 aromatic heterocycles. The minimum atomic E-state index is -0.206. The lowest BCUT2D eigenvalue weighted by Crippen LogP contribution is -2.35. The number of carbonyl (C=O) groups is 1. The Balaban J connectivity index is 1.69. The summed E-state index contributed by atoms with van der Waals surface area (Å²) in [6.45, 7) is 1.58. The normalized spacial score (nSPS) is 19.0. The second-order valence-electron chi connectivity index (χ2n) is 5.84. The Kier molecular flexibility index (Phi) is 4.88. The number of carbonyl (C=O) groups excluding carboxylic acids is 1. The number of likely N-dealkylation sites (tertiary alicyclic amines) is 1. The Morgan fingerprint density at radius 1 is 1.23 bits per heavy atom. The van der Waals surface area contributed by atoms with Crippen LogP contribution in [0.15, 0.2) is 41.8 Å².